The number of halogens is 1. The van der Waals surface area contributed by atoms with Crippen molar-refractivity contribution in [1.82, 2.24) is 0 Å². The normalized spacial score (nSPS) is 12.0. The van der Waals surface area contributed by atoms with Gasteiger partial charge in [-0.05, 0) is 46.7 Å². The van der Waals surface area contributed by atoms with Crippen LogP contribution in [0.2, 0.25) is 0 Å². The zero-order chi connectivity index (χ0) is 12.1. The van der Waals surface area contributed by atoms with Gasteiger partial charge in [-0.2, -0.15) is 0 Å². The lowest BCUT2D eigenvalue weighted by atomic mass is 10.0. The summed E-state index contributed by atoms with van der Waals surface area (Å²) >= 11 is 2.22. The molecule has 16 heavy (non-hydrogen) atoms. The SMILES string of the molecule is COC(=O)[C@@H](C)Cc1ccc(OC)c(I)c1. The Morgan fingerprint density at radius 2 is 2.12 bits per heavy atom. The molecule has 0 N–H and O–H groups in total. The molecule has 4 heteroatoms. The second kappa shape index (κ2) is 6.08. The summed E-state index contributed by atoms with van der Waals surface area (Å²) in [6.45, 7) is 1.86. The number of rotatable bonds is 4. The fourth-order valence-corrected chi connectivity index (χ4v) is 2.27. The first-order chi connectivity index (χ1) is 7.58. The zero-order valence-corrected chi connectivity index (χ0v) is 11.8. The number of hydrogen-bond acceptors (Lipinski definition) is 3. The summed E-state index contributed by atoms with van der Waals surface area (Å²) in [5.74, 6) is 0.565. The Morgan fingerprint density at radius 3 is 2.62 bits per heavy atom. The first-order valence-corrected chi connectivity index (χ1v) is 6.06. The van der Waals surface area contributed by atoms with E-state index in [4.69, 9.17) is 9.47 Å². The summed E-state index contributed by atoms with van der Waals surface area (Å²) in [4.78, 5) is 11.3. The largest absolute Gasteiger partial charge is 0.496 e. The molecular weight excluding hydrogens is 319 g/mol. The van der Waals surface area contributed by atoms with Gasteiger partial charge in [0.25, 0.3) is 0 Å². The third-order valence-corrected chi connectivity index (χ3v) is 3.20. The molecule has 0 saturated carbocycles. The average Bonchev–Trinajstić information content (AvgIpc) is 2.28. The lowest BCUT2D eigenvalue weighted by molar-refractivity contribution is -0.144. The van der Waals surface area contributed by atoms with Gasteiger partial charge in [-0.1, -0.05) is 13.0 Å². The molecular formula is C12H15IO3. The van der Waals surface area contributed by atoms with E-state index in [0.717, 1.165) is 14.9 Å². The molecule has 0 aromatic heterocycles. The van der Waals surface area contributed by atoms with Gasteiger partial charge < -0.3 is 9.47 Å². The van der Waals surface area contributed by atoms with Crippen LogP contribution in [0.25, 0.3) is 0 Å². The molecule has 1 atom stereocenters. The van der Waals surface area contributed by atoms with Crippen molar-refractivity contribution in [3.05, 3.63) is 27.3 Å². The topological polar surface area (TPSA) is 35.5 Å². The van der Waals surface area contributed by atoms with E-state index in [2.05, 4.69) is 22.6 Å². The lowest BCUT2D eigenvalue weighted by Crippen LogP contribution is -2.15. The van der Waals surface area contributed by atoms with Crippen LogP contribution in [0, 0.1) is 9.49 Å². The molecule has 0 spiro atoms. The molecule has 0 aliphatic rings. The molecule has 0 aliphatic carbocycles. The van der Waals surface area contributed by atoms with Crippen molar-refractivity contribution in [2.24, 2.45) is 5.92 Å². The zero-order valence-electron chi connectivity index (χ0n) is 9.62. The maximum absolute atomic E-state index is 11.3. The van der Waals surface area contributed by atoms with Crippen LogP contribution >= 0.6 is 22.6 Å². The van der Waals surface area contributed by atoms with Crippen LogP contribution in [0.4, 0.5) is 0 Å². The first kappa shape index (κ1) is 13.3. The van der Waals surface area contributed by atoms with E-state index in [1.54, 1.807) is 7.11 Å². The Bertz CT molecular complexity index is 377. The second-order valence-corrected chi connectivity index (χ2v) is 4.76. The fourth-order valence-electron chi connectivity index (χ4n) is 1.47. The van der Waals surface area contributed by atoms with E-state index in [0.29, 0.717) is 6.42 Å². The van der Waals surface area contributed by atoms with Gasteiger partial charge in [-0.25, -0.2) is 0 Å². The van der Waals surface area contributed by atoms with Crippen molar-refractivity contribution < 1.29 is 14.3 Å². The van der Waals surface area contributed by atoms with Crippen LogP contribution in [-0.2, 0) is 16.0 Å². The van der Waals surface area contributed by atoms with Gasteiger partial charge >= 0.3 is 5.97 Å². The standard InChI is InChI=1S/C12H15IO3/c1-8(12(14)16-3)6-9-4-5-11(15-2)10(13)7-9/h4-5,7-8H,6H2,1-3H3/t8-/m0/s1. The van der Waals surface area contributed by atoms with E-state index in [9.17, 15) is 4.79 Å². The molecule has 0 saturated heterocycles. The summed E-state index contributed by atoms with van der Waals surface area (Å²) < 4.78 is 10.9. The van der Waals surface area contributed by atoms with Gasteiger partial charge in [-0.15, -0.1) is 0 Å². The minimum Gasteiger partial charge on any atom is -0.496 e. The molecule has 0 heterocycles. The number of ether oxygens (including phenoxy) is 2. The molecule has 0 aliphatic heterocycles. The molecule has 88 valence electrons. The van der Waals surface area contributed by atoms with Gasteiger partial charge in [0.15, 0.2) is 0 Å². The molecule has 0 amide bonds. The third-order valence-electron chi connectivity index (χ3n) is 2.36. The summed E-state index contributed by atoms with van der Waals surface area (Å²) in [6.07, 6.45) is 0.687. The molecule has 0 fully saturated rings. The van der Waals surface area contributed by atoms with E-state index >= 15 is 0 Å². The Hall–Kier alpha value is -0.780. The average molecular weight is 334 g/mol. The minimum absolute atomic E-state index is 0.116. The number of esters is 1. The highest BCUT2D eigenvalue weighted by atomic mass is 127. The van der Waals surface area contributed by atoms with E-state index in [1.165, 1.54) is 7.11 Å². The van der Waals surface area contributed by atoms with Gasteiger partial charge in [-0.3, -0.25) is 4.79 Å². The maximum atomic E-state index is 11.3. The van der Waals surface area contributed by atoms with Gasteiger partial charge in [0.05, 0.1) is 23.7 Å². The number of carbonyl (C=O) groups excluding carboxylic acids is 1. The van der Waals surface area contributed by atoms with Gasteiger partial charge in [0.2, 0.25) is 0 Å². The van der Waals surface area contributed by atoms with Gasteiger partial charge in [0.1, 0.15) is 5.75 Å². The number of carbonyl (C=O) groups is 1. The number of methoxy groups -OCH3 is 2. The molecule has 1 rings (SSSR count). The Morgan fingerprint density at radius 1 is 1.44 bits per heavy atom. The maximum Gasteiger partial charge on any atom is 0.308 e. The quantitative estimate of drug-likeness (QED) is 0.627. The van der Waals surface area contributed by atoms with Crippen LogP contribution in [-0.4, -0.2) is 20.2 Å². The van der Waals surface area contributed by atoms with Crippen molar-refractivity contribution in [2.75, 3.05) is 14.2 Å². The smallest absolute Gasteiger partial charge is 0.308 e. The first-order valence-electron chi connectivity index (χ1n) is 4.98. The highest BCUT2D eigenvalue weighted by molar-refractivity contribution is 14.1. The third kappa shape index (κ3) is 3.37. The monoisotopic (exact) mass is 334 g/mol. The molecule has 3 nitrogen and oxygen atoms in total. The van der Waals surface area contributed by atoms with Crippen LogP contribution in [0.5, 0.6) is 5.75 Å². The summed E-state index contributed by atoms with van der Waals surface area (Å²) in [6, 6.07) is 5.92. The van der Waals surface area contributed by atoms with E-state index < -0.39 is 0 Å². The van der Waals surface area contributed by atoms with Crippen molar-refractivity contribution in [3.8, 4) is 5.75 Å². The van der Waals surface area contributed by atoms with Crippen molar-refractivity contribution >= 4 is 28.6 Å². The molecule has 0 bridgehead atoms. The summed E-state index contributed by atoms with van der Waals surface area (Å²) in [7, 11) is 3.06. The highest BCUT2D eigenvalue weighted by Gasteiger charge is 2.14. The Balaban J connectivity index is 2.75. The predicted molar refractivity (Wildman–Crippen MR) is 70.6 cm³/mol. The summed E-state index contributed by atoms with van der Waals surface area (Å²) in [5.41, 5.74) is 1.11. The molecule has 0 unspecified atom stereocenters. The van der Waals surface area contributed by atoms with Crippen LogP contribution in [0.3, 0.4) is 0 Å². The summed E-state index contributed by atoms with van der Waals surface area (Å²) in [5, 5.41) is 0. The number of benzene rings is 1. The lowest BCUT2D eigenvalue weighted by Gasteiger charge is -2.10. The Kier molecular flexibility index (Phi) is 5.05. The van der Waals surface area contributed by atoms with E-state index in [-0.39, 0.29) is 11.9 Å². The van der Waals surface area contributed by atoms with Crippen LogP contribution < -0.4 is 4.74 Å². The van der Waals surface area contributed by atoms with Crippen molar-refractivity contribution in [3.63, 3.8) is 0 Å². The Labute approximate surface area is 109 Å². The number of hydrogen-bond donors (Lipinski definition) is 0. The minimum atomic E-state index is -0.175. The predicted octanol–water partition coefficient (Wildman–Crippen LogP) is 2.65. The van der Waals surface area contributed by atoms with E-state index in [1.807, 2.05) is 25.1 Å². The van der Waals surface area contributed by atoms with Crippen molar-refractivity contribution in [2.45, 2.75) is 13.3 Å². The highest BCUT2D eigenvalue weighted by Crippen LogP contribution is 2.23. The van der Waals surface area contributed by atoms with Crippen molar-refractivity contribution in [1.29, 1.82) is 0 Å². The van der Waals surface area contributed by atoms with Crippen LogP contribution in [0.1, 0.15) is 12.5 Å². The molecule has 0 radical (unpaired) electrons. The molecule has 1 aromatic rings. The van der Waals surface area contributed by atoms with Crippen LogP contribution in [0.15, 0.2) is 18.2 Å². The second-order valence-electron chi connectivity index (χ2n) is 3.60. The van der Waals surface area contributed by atoms with Gasteiger partial charge in [0, 0.05) is 0 Å². The molecule has 1 aromatic carbocycles. The fraction of sp³-hybridized carbons (Fsp3) is 0.417.